The number of methoxy groups -OCH3 is 1. The summed E-state index contributed by atoms with van der Waals surface area (Å²) in [4.78, 5) is 18.9. The molecule has 14 heavy (non-hydrogen) atoms. The quantitative estimate of drug-likeness (QED) is 0.717. The Labute approximate surface area is 81.8 Å². The predicted octanol–water partition coefficient (Wildman–Crippen LogP) is 1.09. The molecule has 0 spiro atoms. The van der Waals surface area contributed by atoms with Crippen molar-refractivity contribution in [3.05, 3.63) is 17.7 Å². The van der Waals surface area contributed by atoms with Crippen LogP contribution in [-0.2, 0) is 4.74 Å². The third-order valence-corrected chi connectivity index (χ3v) is 1.68. The van der Waals surface area contributed by atoms with Gasteiger partial charge in [0.05, 0.1) is 13.3 Å². The first-order valence-corrected chi connectivity index (χ1v) is 4.20. The number of rotatable bonds is 2. The first-order valence-electron chi connectivity index (χ1n) is 4.20. The van der Waals surface area contributed by atoms with E-state index in [1.807, 2.05) is 13.8 Å². The number of aromatic hydroxyl groups is 1. The Morgan fingerprint density at radius 3 is 2.71 bits per heavy atom. The number of hydrogen-bond acceptors (Lipinski definition) is 5. The van der Waals surface area contributed by atoms with Crippen LogP contribution in [-0.4, -0.2) is 28.2 Å². The lowest BCUT2D eigenvalue weighted by Gasteiger charge is -2.06. The molecule has 76 valence electrons. The van der Waals surface area contributed by atoms with Gasteiger partial charge in [-0.15, -0.1) is 0 Å². The lowest BCUT2D eigenvalue weighted by atomic mass is 10.2. The van der Waals surface area contributed by atoms with Crippen LogP contribution >= 0.6 is 0 Å². The van der Waals surface area contributed by atoms with E-state index in [1.165, 1.54) is 13.3 Å². The van der Waals surface area contributed by atoms with Crippen LogP contribution in [0, 0.1) is 0 Å². The Hall–Kier alpha value is -1.65. The minimum Gasteiger partial charge on any atom is -0.504 e. The van der Waals surface area contributed by atoms with Crippen molar-refractivity contribution in [1.29, 1.82) is 0 Å². The van der Waals surface area contributed by atoms with Crippen molar-refractivity contribution >= 4 is 5.97 Å². The van der Waals surface area contributed by atoms with Crippen LogP contribution in [0.15, 0.2) is 6.20 Å². The Bertz CT molecular complexity index is 350. The molecule has 1 N–H and O–H groups in total. The van der Waals surface area contributed by atoms with Crippen LogP contribution in [0.1, 0.15) is 36.1 Å². The van der Waals surface area contributed by atoms with Crippen LogP contribution < -0.4 is 0 Å². The molecule has 0 saturated heterocycles. The monoisotopic (exact) mass is 196 g/mol. The fourth-order valence-electron chi connectivity index (χ4n) is 0.914. The molecule has 0 bridgehead atoms. The standard InChI is InChI=1S/C9H12N2O3/c1-5(2)8-10-4-6(12)7(11-8)9(13)14-3/h4-5,12H,1-3H3. The molecule has 5 nitrogen and oxygen atoms in total. The molecule has 0 saturated carbocycles. The van der Waals surface area contributed by atoms with E-state index in [0.29, 0.717) is 5.82 Å². The molecule has 1 aromatic rings. The van der Waals surface area contributed by atoms with E-state index in [9.17, 15) is 9.90 Å². The molecule has 1 aromatic heterocycles. The summed E-state index contributed by atoms with van der Waals surface area (Å²) in [6.45, 7) is 3.79. The SMILES string of the molecule is COC(=O)c1nc(C(C)C)ncc1O. The normalized spacial score (nSPS) is 10.3. The highest BCUT2D eigenvalue weighted by atomic mass is 16.5. The Morgan fingerprint density at radius 2 is 2.21 bits per heavy atom. The summed E-state index contributed by atoms with van der Waals surface area (Å²) < 4.78 is 4.46. The number of esters is 1. The molecule has 0 aromatic carbocycles. The molecule has 0 aliphatic carbocycles. The summed E-state index contributed by atoms with van der Waals surface area (Å²) in [6, 6.07) is 0. The third kappa shape index (κ3) is 1.99. The van der Waals surface area contributed by atoms with E-state index in [1.54, 1.807) is 0 Å². The van der Waals surface area contributed by atoms with Crippen LogP contribution in [0.5, 0.6) is 5.75 Å². The van der Waals surface area contributed by atoms with Gasteiger partial charge in [0.1, 0.15) is 5.82 Å². The van der Waals surface area contributed by atoms with Gasteiger partial charge < -0.3 is 9.84 Å². The summed E-state index contributed by atoms with van der Waals surface area (Å²) >= 11 is 0. The summed E-state index contributed by atoms with van der Waals surface area (Å²) in [5.74, 6) is -0.324. The van der Waals surface area contributed by atoms with E-state index in [-0.39, 0.29) is 17.4 Å². The van der Waals surface area contributed by atoms with E-state index < -0.39 is 5.97 Å². The van der Waals surface area contributed by atoms with Crippen molar-refractivity contribution in [3.63, 3.8) is 0 Å². The summed E-state index contributed by atoms with van der Waals surface area (Å²) in [6.07, 6.45) is 1.20. The smallest absolute Gasteiger partial charge is 0.360 e. The van der Waals surface area contributed by atoms with Gasteiger partial charge >= 0.3 is 5.97 Å². The van der Waals surface area contributed by atoms with Gasteiger partial charge in [0.2, 0.25) is 0 Å². The van der Waals surface area contributed by atoms with Crippen molar-refractivity contribution in [2.75, 3.05) is 7.11 Å². The lowest BCUT2D eigenvalue weighted by Crippen LogP contribution is -2.08. The molecule has 5 heteroatoms. The summed E-state index contributed by atoms with van der Waals surface area (Å²) in [5.41, 5.74) is -0.0915. The zero-order valence-corrected chi connectivity index (χ0v) is 8.31. The molecular weight excluding hydrogens is 184 g/mol. The number of carbonyl (C=O) groups excluding carboxylic acids is 1. The molecule has 0 atom stereocenters. The number of ether oxygens (including phenoxy) is 1. The molecular formula is C9H12N2O3. The maximum Gasteiger partial charge on any atom is 0.360 e. The van der Waals surface area contributed by atoms with Crippen molar-refractivity contribution in [3.8, 4) is 5.75 Å². The Kier molecular flexibility index (Phi) is 3.01. The van der Waals surface area contributed by atoms with Crippen molar-refractivity contribution in [2.24, 2.45) is 0 Å². The zero-order valence-electron chi connectivity index (χ0n) is 8.31. The van der Waals surface area contributed by atoms with Gasteiger partial charge in [0.25, 0.3) is 0 Å². The number of carbonyl (C=O) groups is 1. The highest BCUT2D eigenvalue weighted by Gasteiger charge is 2.16. The van der Waals surface area contributed by atoms with Gasteiger partial charge in [-0.25, -0.2) is 14.8 Å². The van der Waals surface area contributed by atoms with Crippen LogP contribution in [0.2, 0.25) is 0 Å². The van der Waals surface area contributed by atoms with E-state index in [0.717, 1.165) is 0 Å². The molecule has 1 rings (SSSR count). The Morgan fingerprint density at radius 1 is 1.57 bits per heavy atom. The van der Waals surface area contributed by atoms with E-state index in [4.69, 9.17) is 0 Å². The topological polar surface area (TPSA) is 72.3 Å². The van der Waals surface area contributed by atoms with Gasteiger partial charge in [-0.2, -0.15) is 0 Å². The van der Waals surface area contributed by atoms with Gasteiger partial charge in [0.15, 0.2) is 11.4 Å². The molecule has 0 radical (unpaired) electrons. The van der Waals surface area contributed by atoms with Gasteiger partial charge in [-0.1, -0.05) is 13.8 Å². The predicted molar refractivity (Wildman–Crippen MR) is 49.1 cm³/mol. The molecule has 0 aliphatic heterocycles. The number of nitrogens with zero attached hydrogens (tertiary/aromatic N) is 2. The first-order chi connectivity index (χ1) is 6.56. The van der Waals surface area contributed by atoms with Gasteiger partial charge in [0, 0.05) is 5.92 Å². The second kappa shape index (κ2) is 4.04. The summed E-state index contributed by atoms with van der Waals surface area (Å²) in [7, 11) is 1.24. The molecule has 1 heterocycles. The fourth-order valence-corrected chi connectivity index (χ4v) is 0.914. The van der Waals surface area contributed by atoms with Crippen LogP contribution in [0.4, 0.5) is 0 Å². The second-order valence-corrected chi connectivity index (χ2v) is 3.11. The highest BCUT2D eigenvalue weighted by molar-refractivity contribution is 5.89. The number of aromatic nitrogens is 2. The summed E-state index contributed by atoms with van der Waals surface area (Å²) in [5, 5.41) is 9.29. The number of hydrogen-bond donors (Lipinski definition) is 1. The van der Waals surface area contributed by atoms with Crippen LogP contribution in [0.3, 0.4) is 0 Å². The average Bonchev–Trinajstić information content (AvgIpc) is 2.17. The minimum absolute atomic E-state index is 0.0915. The van der Waals surface area contributed by atoms with Crippen molar-refractivity contribution < 1.29 is 14.6 Å². The lowest BCUT2D eigenvalue weighted by molar-refractivity contribution is 0.0589. The second-order valence-electron chi connectivity index (χ2n) is 3.11. The zero-order chi connectivity index (χ0) is 10.7. The Balaban J connectivity index is 3.15. The fraction of sp³-hybridized carbons (Fsp3) is 0.444. The van der Waals surface area contributed by atoms with E-state index in [2.05, 4.69) is 14.7 Å². The van der Waals surface area contributed by atoms with Gasteiger partial charge in [-0.05, 0) is 0 Å². The molecule has 0 unspecified atom stereocenters. The maximum absolute atomic E-state index is 11.1. The average molecular weight is 196 g/mol. The molecule has 0 aliphatic rings. The first kappa shape index (κ1) is 10.4. The van der Waals surface area contributed by atoms with Crippen molar-refractivity contribution in [1.82, 2.24) is 9.97 Å². The molecule has 0 amide bonds. The van der Waals surface area contributed by atoms with Crippen LogP contribution in [0.25, 0.3) is 0 Å². The third-order valence-electron chi connectivity index (χ3n) is 1.68. The minimum atomic E-state index is -0.660. The molecule has 0 fully saturated rings. The van der Waals surface area contributed by atoms with E-state index >= 15 is 0 Å². The van der Waals surface area contributed by atoms with Gasteiger partial charge in [-0.3, -0.25) is 0 Å². The highest BCUT2D eigenvalue weighted by Crippen LogP contribution is 2.17. The largest absolute Gasteiger partial charge is 0.504 e. The van der Waals surface area contributed by atoms with Crippen molar-refractivity contribution in [2.45, 2.75) is 19.8 Å². The maximum atomic E-state index is 11.1.